The number of aliphatic hydroxyl groups excluding tert-OH is 1. The predicted octanol–water partition coefficient (Wildman–Crippen LogP) is 3.91. The zero-order chi connectivity index (χ0) is 27.4. The topological polar surface area (TPSA) is 205 Å². The highest BCUT2D eigenvalue weighted by atomic mass is 31.2. The van der Waals surface area contributed by atoms with E-state index < -0.39 is 25.3 Å². The molecule has 2 aromatic carbocycles. The Morgan fingerprint density at radius 3 is 2.59 bits per heavy atom. The second-order valence-electron chi connectivity index (χ2n) is 8.67. The monoisotopic (exact) mass is 533 g/mol. The van der Waals surface area contributed by atoms with Crippen molar-refractivity contribution < 1.29 is 34.4 Å². The van der Waals surface area contributed by atoms with Crippen LogP contribution in [0.25, 0.3) is 10.4 Å². The van der Waals surface area contributed by atoms with Crippen molar-refractivity contribution in [2.24, 2.45) is 5.11 Å². The third kappa shape index (κ3) is 10.2. The molecular formula is C24H32N5O7P. The maximum absolute atomic E-state index is 12.5. The summed E-state index contributed by atoms with van der Waals surface area (Å²) in [5.41, 5.74) is 9.52. The Kier molecular flexibility index (Phi) is 11.6. The zero-order valence-electron chi connectivity index (χ0n) is 20.4. The number of phenolic OH excluding ortho intramolecular Hbond substituents is 1. The predicted molar refractivity (Wildman–Crippen MR) is 138 cm³/mol. The van der Waals surface area contributed by atoms with Gasteiger partial charge in [0.05, 0.1) is 23.4 Å². The molecule has 12 nitrogen and oxygen atoms in total. The van der Waals surface area contributed by atoms with Gasteiger partial charge in [-0.25, -0.2) is 4.79 Å². The van der Waals surface area contributed by atoms with Gasteiger partial charge in [-0.15, -0.1) is 0 Å². The number of carboxylic acid groups (broad SMARTS) is 1. The molecule has 0 aliphatic carbocycles. The lowest BCUT2D eigenvalue weighted by atomic mass is 10.1. The number of nitrogens with one attached hydrogen (secondary N) is 2. The first-order valence-corrected chi connectivity index (χ1v) is 13.8. The van der Waals surface area contributed by atoms with Crippen molar-refractivity contribution in [1.29, 1.82) is 0 Å². The minimum absolute atomic E-state index is 0.0376. The van der Waals surface area contributed by atoms with Crippen LogP contribution >= 0.6 is 7.37 Å². The molecule has 0 spiro atoms. The molecule has 0 saturated carbocycles. The zero-order valence-corrected chi connectivity index (χ0v) is 21.3. The number of aromatic hydroxyl groups is 1. The van der Waals surface area contributed by atoms with Crippen LogP contribution in [0.1, 0.15) is 58.5 Å². The first kappa shape index (κ1) is 29.8. The van der Waals surface area contributed by atoms with E-state index in [2.05, 4.69) is 20.7 Å². The molecule has 0 fully saturated rings. The van der Waals surface area contributed by atoms with E-state index in [1.54, 1.807) is 12.1 Å². The van der Waals surface area contributed by atoms with Crippen molar-refractivity contribution in [3.63, 3.8) is 0 Å². The summed E-state index contributed by atoms with van der Waals surface area (Å²) < 4.78 is 12.5. The van der Waals surface area contributed by atoms with Gasteiger partial charge in [0.2, 0.25) is 7.37 Å². The number of benzene rings is 2. The molecule has 0 heterocycles. The number of hydrogen-bond acceptors (Lipinski definition) is 7. The van der Waals surface area contributed by atoms with Gasteiger partial charge < -0.3 is 30.8 Å². The molecule has 1 unspecified atom stereocenters. The molecule has 0 saturated heterocycles. The van der Waals surface area contributed by atoms with E-state index >= 15 is 0 Å². The van der Waals surface area contributed by atoms with Crippen LogP contribution in [0.15, 0.2) is 47.6 Å². The van der Waals surface area contributed by atoms with Crippen molar-refractivity contribution >= 4 is 24.9 Å². The fraction of sp³-hybridized carbons (Fsp3) is 0.417. The van der Waals surface area contributed by atoms with Crippen LogP contribution in [0.2, 0.25) is 0 Å². The lowest BCUT2D eigenvalue weighted by molar-refractivity contribution is 0.0696. The minimum atomic E-state index is -3.56. The number of aromatic carboxylic acids is 1. The average Bonchev–Trinajstić information content (AvgIpc) is 2.84. The van der Waals surface area contributed by atoms with Gasteiger partial charge in [0.15, 0.2) is 0 Å². The van der Waals surface area contributed by atoms with Crippen molar-refractivity contribution in [2.45, 2.75) is 38.3 Å². The number of aliphatic hydroxyl groups is 1. The molecule has 0 aromatic heterocycles. The molecule has 2 aromatic rings. The number of carbonyl (C=O) groups excluding carboxylic acids is 1. The van der Waals surface area contributed by atoms with Crippen LogP contribution in [0.4, 0.5) is 5.69 Å². The van der Waals surface area contributed by atoms with Crippen LogP contribution in [0.5, 0.6) is 5.75 Å². The van der Waals surface area contributed by atoms with Gasteiger partial charge in [0.25, 0.3) is 5.91 Å². The molecule has 3 atom stereocenters. The Morgan fingerprint density at radius 1 is 1.16 bits per heavy atom. The number of phenols is 1. The molecule has 200 valence electrons. The van der Waals surface area contributed by atoms with Crippen molar-refractivity contribution in [1.82, 2.24) is 10.6 Å². The van der Waals surface area contributed by atoms with E-state index in [1.807, 2.05) is 6.92 Å². The number of rotatable bonds is 15. The Labute approximate surface area is 214 Å². The second kappa shape index (κ2) is 14.4. The van der Waals surface area contributed by atoms with E-state index in [0.717, 1.165) is 5.56 Å². The Balaban J connectivity index is 1.67. The normalized spacial score (nSPS) is 14.1. The van der Waals surface area contributed by atoms with Crippen LogP contribution in [0.3, 0.4) is 0 Å². The lowest BCUT2D eigenvalue weighted by Crippen LogP contribution is -2.31. The molecule has 1 amide bonds. The summed E-state index contributed by atoms with van der Waals surface area (Å²) in [7, 11) is -3.56. The number of nitrogens with zero attached hydrogens (tertiary/aromatic N) is 3. The van der Waals surface area contributed by atoms with Crippen LogP contribution in [-0.2, 0) is 4.57 Å². The van der Waals surface area contributed by atoms with Gasteiger partial charge >= 0.3 is 5.97 Å². The summed E-state index contributed by atoms with van der Waals surface area (Å²) in [6.45, 7) is 2.19. The lowest BCUT2D eigenvalue weighted by Gasteiger charge is -2.20. The van der Waals surface area contributed by atoms with Gasteiger partial charge in [-0.05, 0) is 55.1 Å². The molecule has 0 aliphatic heterocycles. The number of carboxylic acids is 1. The van der Waals surface area contributed by atoms with Crippen LogP contribution < -0.4 is 10.6 Å². The summed E-state index contributed by atoms with van der Waals surface area (Å²) in [5, 5.41) is 38.3. The largest absolute Gasteiger partial charge is 0.507 e. The Morgan fingerprint density at radius 2 is 1.92 bits per heavy atom. The molecule has 0 radical (unpaired) electrons. The SMILES string of the molecule is C[C@@H](NC[C@H](O)CP(=O)(O)CCCCCNC(=O)c1ccc(N=[N+]=[N-])cc1O)c1cccc(C(=O)O)c1. The maximum atomic E-state index is 12.5. The number of hydrogen-bond donors (Lipinski definition) is 6. The highest BCUT2D eigenvalue weighted by Gasteiger charge is 2.23. The minimum Gasteiger partial charge on any atom is -0.507 e. The van der Waals surface area contributed by atoms with Crippen molar-refractivity contribution in [2.75, 3.05) is 25.4 Å². The van der Waals surface area contributed by atoms with Gasteiger partial charge in [0, 0.05) is 35.9 Å². The second-order valence-corrected chi connectivity index (χ2v) is 11.2. The molecule has 13 heteroatoms. The first-order chi connectivity index (χ1) is 17.5. The molecule has 2 rings (SSSR count). The van der Waals surface area contributed by atoms with Crippen molar-refractivity contribution in [3.8, 4) is 5.75 Å². The summed E-state index contributed by atoms with van der Waals surface area (Å²) >= 11 is 0. The van der Waals surface area contributed by atoms with E-state index in [1.165, 1.54) is 30.3 Å². The summed E-state index contributed by atoms with van der Waals surface area (Å²) in [5.74, 6) is -1.83. The molecule has 6 N–H and O–H groups in total. The van der Waals surface area contributed by atoms with E-state index in [9.17, 15) is 29.3 Å². The smallest absolute Gasteiger partial charge is 0.335 e. The van der Waals surface area contributed by atoms with E-state index in [0.29, 0.717) is 25.8 Å². The number of unbranched alkanes of at least 4 members (excludes halogenated alkanes) is 2. The van der Waals surface area contributed by atoms with Crippen molar-refractivity contribution in [3.05, 3.63) is 69.6 Å². The highest BCUT2D eigenvalue weighted by molar-refractivity contribution is 7.58. The fourth-order valence-corrected chi connectivity index (χ4v) is 5.33. The van der Waals surface area contributed by atoms with Gasteiger partial charge in [-0.1, -0.05) is 29.7 Å². The fourth-order valence-electron chi connectivity index (χ4n) is 3.64. The Hall–Kier alpha value is -3.40. The molecule has 0 bridgehead atoms. The van der Waals surface area contributed by atoms with Crippen LogP contribution in [-0.4, -0.2) is 63.6 Å². The van der Waals surface area contributed by atoms with E-state index in [-0.39, 0.29) is 47.5 Å². The van der Waals surface area contributed by atoms with Crippen LogP contribution in [0, 0.1) is 0 Å². The quantitative estimate of drug-likeness (QED) is 0.0649. The molecule has 37 heavy (non-hydrogen) atoms. The first-order valence-electron chi connectivity index (χ1n) is 11.7. The summed E-state index contributed by atoms with van der Waals surface area (Å²) in [6.07, 6.45) is 0.310. The highest BCUT2D eigenvalue weighted by Crippen LogP contribution is 2.42. The third-order valence-electron chi connectivity index (χ3n) is 5.65. The number of amides is 1. The number of azide groups is 1. The summed E-state index contributed by atoms with van der Waals surface area (Å²) in [4.78, 5) is 36.1. The van der Waals surface area contributed by atoms with Gasteiger partial charge in [0.1, 0.15) is 5.75 Å². The van der Waals surface area contributed by atoms with E-state index in [4.69, 9.17) is 10.6 Å². The van der Waals surface area contributed by atoms with Gasteiger partial charge in [-0.3, -0.25) is 9.36 Å². The number of carbonyl (C=O) groups is 2. The maximum Gasteiger partial charge on any atom is 0.335 e. The Bertz CT molecular complexity index is 1190. The third-order valence-corrected chi connectivity index (χ3v) is 7.65. The van der Waals surface area contributed by atoms with Gasteiger partial charge in [-0.2, -0.15) is 0 Å². The molecular weight excluding hydrogens is 501 g/mol. The standard InChI is InChI=1S/C24H32N5O7P/c1-16(17-6-5-7-18(12-17)24(33)34)27-14-20(30)15-37(35,36)11-4-2-3-10-26-23(32)21-9-8-19(28-29-25)13-22(21)31/h5-9,12-13,16,20,27,30-31H,2-4,10-11,14-15H2,1H3,(H,26,32)(H,33,34)(H,35,36)/t16-,20+/m1/s1. The summed E-state index contributed by atoms with van der Waals surface area (Å²) in [6, 6.07) is 10.1. The average molecular weight is 534 g/mol. The molecule has 0 aliphatic rings.